The molecular weight excluding hydrogens is 180 g/mol. The maximum atomic E-state index is 11.3. The van der Waals surface area contributed by atoms with Crippen LogP contribution >= 0.6 is 12.2 Å². The summed E-state index contributed by atoms with van der Waals surface area (Å²) in [5, 5.41) is 0. The Morgan fingerprint density at radius 1 is 1.23 bits per heavy atom. The highest BCUT2D eigenvalue weighted by molar-refractivity contribution is 7.80. The molecule has 0 unspecified atom stereocenters. The number of Topliss-reactive ketones (excluding diaryl/α,β-unsaturated/α-hetero) is 1. The van der Waals surface area contributed by atoms with Crippen LogP contribution < -0.4 is 0 Å². The highest BCUT2D eigenvalue weighted by atomic mass is 32.1. The maximum absolute atomic E-state index is 11.3. The normalized spacial score (nSPS) is 10.9. The minimum Gasteiger partial charge on any atom is -0.299 e. The van der Waals surface area contributed by atoms with Crippen LogP contribution in [0.3, 0.4) is 0 Å². The quantitative estimate of drug-likeness (QED) is 0.611. The molecule has 0 saturated heterocycles. The Kier molecular flexibility index (Phi) is 6.13. The van der Waals surface area contributed by atoms with Crippen molar-refractivity contribution in [2.45, 2.75) is 47.0 Å². The predicted molar refractivity (Wildman–Crippen MR) is 61.1 cm³/mol. The average Bonchev–Trinajstić information content (AvgIpc) is 2.00. The fourth-order valence-electron chi connectivity index (χ4n) is 0.937. The molecule has 0 aliphatic carbocycles. The number of carbonyl (C=O) groups excluding carboxylic acids is 1. The van der Waals surface area contributed by atoms with E-state index in [-0.39, 0.29) is 11.7 Å². The van der Waals surface area contributed by atoms with Gasteiger partial charge >= 0.3 is 0 Å². The van der Waals surface area contributed by atoms with E-state index in [1.165, 1.54) is 0 Å². The zero-order valence-electron chi connectivity index (χ0n) is 9.09. The molecule has 0 aromatic rings. The van der Waals surface area contributed by atoms with E-state index in [9.17, 15) is 4.79 Å². The Morgan fingerprint density at radius 3 is 2.15 bits per heavy atom. The molecule has 1 nitrogen and oxygen atoms in total. The third-order valence-electron chi connectivity index (χ3n) is 2.02. The Balaban J connectivity index is 3.69. The van der Waals surface area contributed by atoms with Gasteiger partial charge in [0, 0.05) is 17.2 Å². The molecule has 0 aromatic carbocycles. The molecule has 0 fully saturated rings. The van der Waals surface area contributed by atoms with Crippen LogP contribution in [0.5, 0.6) is 0 Å². The van der Waals surface area contributed by atoms with Crippen molar-refractivity contribution in [2.24, 2.45) is 11.8 Å². The van der Waals surface area contributed by atoms with E-state index in [0.717, 1.165) is 17.7 Å². The van der Waals surface area contributed by atoms with Crippen molar-refractivity contribution in [2.75, 3.05) is 0 Å². The van der Waals surface area contributed by atoms with Crippen molar-refractivity contribution in [3.63, 3.8) is 0 Å². The van der Waals surface area contributed by atoms with E-state index >= 15 is 0 Å². The van der Waals surface area contributed by atoms with Crippen LogP contribution in [0.25, 0.3) is 0 Å². The van der Waals surface area contributed by atoms with Gasteiger partial charge in [-0.05, 0) is 18.8 Å². The highest BCUT2D eigenvalue weighted by Gasteiger charge is 2.10. The Bertz CT molecular complexity index is 183. The monoisotopic (exact) mass is 200 g/mol. The van der Waals surface area contributed by atoms with Gasteiger partial charge < -0.3 is 0 Å². The molecule has 0 amide bonds. The summed E-state index contributed by atoms with van der Waals surface area (Å²) < 4.78 is 0. The molecule has 0 radical (unpaired) electrons. The lowest BCUT2D eigenvalue weighted by molar-refractivity contribution is -0.120. The topological polar surface area (TPSA) is 17.1 Å². The molecule has 0 aromatic heterocycles. The number of carbonyl (C=O) groups is 1. The molecular formula is C11H20OS. The number of rotatable bonds is 6. The Morgan fingerprint density at radius 2 is 1.77 bits per heavy atom. The zero-order chi connectivity index (χ0) is 10.4. The summed E-state index contributed by atoms with van der Waals surface area (Å²) in [4.78, 5) is 12.2. The summed E-state index contributed by atoms with van der Waals surface area (Å²) in [7, 11) is 0. The van der Waals surface area contributed by atoms with E-state index in [0.29, 0.717) is 12.3 Å². The van der Waals surface area contributed by atoms with Gasteiger partial charge in [-0.1, -0.05) is 39.9 Å². The van der Waals surface area contributed by atoms with Crippen molar-refractivity contribution in [1.29, 1.82) is 0 Å². The first-order valence-corrected chi connectivity index (χ1v) is 5.38. The minimum absolute atomic E-state index is 0.122. The summed E-state index contributed by atoms with van der Waals surface area (Å²) in [5.41, 5.74) is 0. The molecule has 13 heavy (non-hydrogen) atoms. The molecule has 0 rings (SSSR count). The van der Waals surface area contributed by atoms with Crippen molar-refractivity contribution in [3.05, 3.63) is 0 Å². The molecule has 0 N–H and O–H groups in total. The van der Waals surface area contributed by atoms with Crippen LogP contribution in [0, 0.1) is 11.8 Å². The van der Waals surface area contributed by atoms with Crippen LogP contribution in [0.15, 0.2) is 0 Å². The van der Waals surface area contributed by atoms with E-state index in [4.69, 9.17) is 12.2 Å². The van der Waals surface area contributed by atoms with Crippen molar-refractivity contribution in [1.82, 2.24) is 0 Å². The second kappa shape index (κ2) is 6.25. The fraction of sp³-hybridized carbons (Fsp3) is 0.818. The molecule has 0 saturated carbocycles. The molecule has 76 valence electrons. The summed E-state index contributed by atoms with van der Waals surface area (Å²) >= 11 is 5.15. The predicted octanol–water partition coefficient (Wildman–Crippen LogP) is 3.41. The van der Waals surface area contributed by atoms with Crippen LogP contribution in [-0.2, 0) is 4.79 Å². The SMILES string of the molecule is CC(C)CCC(=S)CC(=O)C(C)C. The van der Waals surface area contributed by atoms with Crippen LogP contribution in [0.2, 0.25) is 0 Å². The smallest absolute Gasteiger partial charge is 0.140 e. The van der Waals surface area contributed by atoms with Crippen LogP contribution in [0.1, 0.15) is 47.0 Å². The number of hydrogen-bond donors (Lipinski definition) is 0. The number of hydrogen-bond acceptors (Lipinski definition) is 2. The molecule has 0 spiro atoms. The van der Waals surface area contributed by atoms with Gasteiger partial charge in [0.2, 0.25) is 0 Å². The van der Waals surface area contributed by atoms with Crippen LogP contribution in [0.4, 0.5) is 0 Å². The summed E-state index contributed by atoms with van der Waals surface area (Å²) in [5.74, 6) is 1.07. The standard InChI is InChI=1S/C11H20OS/c1-8(2)5-6-10(13)7-11(12)9(3)4/h8-9H,5-7H2,1-4H3. The van der Waals surface area contributed by atoms with Gasteiger partial charge in [0.15, 0.2) is 0 Å². The number of ketones is 1. The third kappa shape index (κ3) is 6.88. The van der Waals surface area contributed by atoms with Crippen LogP contribution in [-0.4, -0.2) is 10.6 Å². The highest BCUT2D eigenvalue weighted by Crippen LogP contribution is 2.09. The average molecular weight is 200 g/mol. The lowest BCUT2D eigenvalue weighted by Crippen LogP contribution is -2.12. The molecule has 0 aliphatic rings. The van der Waals surface area contributed by atoms with Crippen molar-refractivity contribution in [3.8, 4) is 0 Å². The van der Waals surface area contributed by atoms with Gasteiger partial charge in [-0.25, -0.2) is 0 Å². The van der Waals surface area contributed by atoms with Gasteiger partial charge in [0.1, 0.15) is 5.78 Å². The molecule has 0 heterocycles. The minimum atomic E-state index is 0.122. The number of thiocarbonyl (C=S) groups is 1. The molecule has 0 aliphatic heterocycles. The largest absolute Gasteiger partial charge is 0.299 e. The summed E-state index contributed by atoms with van der Waals surface area (Å²) in [6.45, 7) is 8.19. The maximum Gasteiger partial charge on any atom is 0.140 e. The Hall–Kier alpha value is -0.240. The first kappa shape index (κ1) is 12.8. The van der Waals surface area contributed by atoms with E-state index in [2.05, 4.69) is 13.8 Å². The summed E-state index contributed by atoms with van der Waals surface area (Å²) in [6, 6.07) is 0. The molecule has 0 atom stereocenters. The summed E-state index contributed by atoms with van der Waals surface area (Å²) in [6.07, 6.45) is 2.52. The van der Waals surface area contributed by atoms with E-state index in [1.807, 2.05) is 13.8 Å². The fourth-order valence-corrected chi connectivity index (χ4v) is 1.20. The van der Waals surface area contributed by atoms with Crippen molar-refractivity contribution >= 4 is 22.9 Å². The second-order valence-corrected chi connectivity index (χ2v) is 4.85. The third-order valence-corrected chi connectivity index (χ3v) is 2.36. The Labute approximate surface area is 86.9 Å². The van der Waals surface area contributed by atoms with Gasteiger partial charge in [0.25, 0.3) is 0 Å². The first-order chi connectivity index (χ1) is 5.93. The van der Waals surface area contributed by atoms with Gasteiger partial charge in [-0.15, -0.1) is 0 Å². The second-order valence-electron chi connectivity index (χ2n) is 4.27. The van der Waals surface area contributed by atoms with Gasteiger partial charge in [-0.2, -0.15) is 0 Å². The molecule has 2 heteroatoms. The first-order valence-electron chi connectivity index (χ1n) is 4.98. The lowest BCUT2D eigenvalue weighted by atomic mass is 10.00. The molecule has 0 bridgehead atoms. The van der Waals surface area contributed by atoms with E-state index < -0.39 is 0 Å². The van der Waals surface area contributed by atoms with Crippen molar-refractivity contribution < 1.29 is 4.79 Å². The van der Waals surface area contributed by atoms with Gasteiger partial charge in [0.05, 0.1) is 0 Å². The van der Waals surface area contributed by atoms with Gasteiger partial charge in [-0.3, -0.25) is 4.79 Å². The lowest BCUT2D eigenvalue weighted by Gasteiger charge is -2.07. The van der Waals surface area contributed by atoms with E-state index in [1.54, 1.807) is 0 Å². The zero-order valence-corrected chi connectivity index (χ0v) is 9.91.